The van der Waals surface area contributed by atoms with Gasteiger partial charge in [-0.25, -0.2) is 9.59 Å². The lowest BCUT2D eigenvalue weighted by molar-refractivity contribution is -0.147. The summed E-state index contributed by atoms with van der Waals surface area (Å²) in [5.41, 5.74) is 1.93. The number of nitrogens with zero attached hydrogens (tertiary/aromatic N) is 2. The molecule has 1 aromatic rings. The van der Waals surface area contributed by atoms with E-state index >= 15 is 0 Å². The van der Waals surface area contributed by atoms with Crippen LogP contribution in [0.25, 0.3) is 0 Å². The van der Waals surface area contributed by atoms with Gasteiger partial charge in [-0.05, 0) is 24.1 Å². The number of ether oxygens (including phenoxy) is 1. The van der Waals surface area contributed by atoms with E-state index in [2.05, 4.69) is 10.3 Å². The van der Waals surface area contributed by atoms with Crippen LogP contribution in [0.3, 0.4) is 0 Å². The third kappa shape index (κ3) is 3.24. The number of amides is 2. The molecule has 0 saturated carbocycles. The highest BCUT2D eigenvalue weighted by atomic mass is 16.5. The first-order valence-corrected chi connectivity index (χ1v) is 6.34. The number of urea groups is 1. The van der Waals surface area contributed by atoms with Crippen molar-refractivity contribution < 1.29 is 19.4 Å². The Hall–Kier alpha value is -2.15. The van der Waals surface area contributed by atoms with Gasteiger partial charge >= 0.3 is 12.0 Å². The molecule has 0 radical (unpaired) electrons. The average Bonchev–Trinajstić information content (AvgIpc) is 2.46. The summed E-state index contributed by atoms with van der Waals surface area (Å²) < 4.78 is 5.09. The number of morpholine rings is 1. The minimum atomic E-state index is -1.06. The summed E-state index contributed by atoms with van der Waals surface area (Å²) in [6, 6.07) is 0.527. The molecule has 20 heavy (non-hydrogen) atoms. The van der Waals surface area contributed by atoms with E-state index in [-0.39, 0.29) is 13.2 Å². The second-order valence-electron chi connectivity index (χ2n) is 4.58. The van der Waals surface area contributed by atoms with Crippen LogP contribution in [0.15, 0.2) is 18.5 Å². The third-order valence-electron chi connectivity index (χ3n) is 3.25. The first kappa shape index (κ1) is 14.3. The monoisotopic (exact) mass is 279 g/mol. The van der Waals surface area contributed by atoms with E-state index in [1.165, 1.54) is 4.90 Å². The lowest BCUT2D eigenvalue weighted by Gasteiger charge is -2.32. The summed E-state index contributed by atoms with van der Waals surface area (Å²) in [4.78, 5) is 28.4. The molecular weight excluding hydrogens is 262 g/mol. The molecule has 0 bridgehead atoms. The molecule has 108 valence electrons. The number of carboxylic acids is 1. The fourth-order valence-corrected chi connectivity index (χ4v) is 2.01. The summed E-state index contributed by atoms with van der Waals surface area (Å²) >= 11 is 0. The maximum atomic E-state index is 12.1. The molecule has 2 heterocycles. The average molecular weight is 279 g/mol. The van der Waals surface area contributed by atoms with Crippen molar-refractivity contribution in [1.82, 2.24) is 15.2 Å². The number of aliphatic carboxylic acids is 1. The molecule has 2 N–H and O–H groups in total. The molecule has 0 spiro atoms. The first-order chi connectivity index (χ1) is 9.59. The van der Waals surface area contributed by atoms with Gasteiger partial charge in [-0.1, -0.05) is 0 Å². The second kappa shape index (κ2) is 6.33. The van der Waals surface area contributed by atoms with E-state index in [1.54, 1.807) is 12.4 Å². The fraction of sp³-hybridized carbons (Fsp3) is 0.462. The highest BCUT2D eigenvalue weighted by molar-refractivity contribution is 5.83. The Balaban J connectivity index is 1.97. The number of nitrogens with one attached hydrogen (secondary N) is 1. The van der Waals surface area contributed by atoms with Crippen molar-refractivity contribution in [2.75, 3.05) is 19.8 Å². The second-order valence-corrected chi connectivity index (χ2v) is 4.58. The Kier molecular flexibility index (Phi) is 4.52. The van der Waals surface area contributed by atoms with E-state index in [4.69, 9.17) is 9.84 Å². The number of rotatable bonds is 3. The molecule has 1 aliphatic rings. The third-order valence-corrected chi connectivity index (χ3v) is 3.25. The Morgan fingerprint density at radius 1 is 1.60 bits per heavy atom. The lowest BCUT2D eigenvalue weighted by Crippen LogP contribution is -2.55. The van der Waals surface area contributed by atoms with Gasteiger partial charge < -0.3 is 20.1 Å². The number of aromatic nitrogens is 1. The quantitative estimate of drug-likeness (QED) is 0.835. The van der Waals surface area contributed by atoms with Gasteiger partial charge in [-0.2, -0.15) is 0 Å². The molecule has 2 amide bonds. The van der Waals surface area contributed by atoms with Gasteiger partial charge in [0.1, 0.15) is 0 Å². The molecule has 2 rings (SSSR count). The van der Waals surface area contributed by atoms with Crippen LogP contribution in [-0.4, -0.2) is 52.8 Å². The Labute approximate surface area is 116 Å². The normalized spacial score (nSPS) is 18.6. The van der Waals surface area contributed by atoms with Crippen LogP contribution in [0.5, 0.6) is 0 Å². The minimum Gasteiger partial charge on any atom is -0.480 e. The molecule has 7 heteroatoms. The molecule has 1 fully saturated rings. The zero-order valence-electron chi connectivity index (χ0n) is 11.2. The minimum absolute atomic E-state index is 0.0225. The molecule has 1 aromatic heterocycles. The Bertz CT molecular complexity index is 506. The van der Waals surface area contributed by atoms with Crippen LogP contribution in [0.4, 0.5) is 4.79 Å². The molecular formula is C13H17N3O4. The van der Waals surface area contributed by atoms with Gasteiger partial charge in [0.25, 0.3) is 0 Å². The van der Waals surface area contributed by atoms with E-state index in [1.807, 2.05) is 13.0 Å². The van der Waals surface area contributed by atoms with E-state index in [9.17, 15) is 9.59 Å². The zero-order valence-corrected chi connectivity index (χ0v) is 11.2. The maximum absolute atomic E-state index is 12.1. The van der Waals surface area contributed by atoms with Crippen molar-refractivity contribution in [3.05, 3.63) is 29.6 Å². The van der Waals surface area contributed by atoms with E-state index in [0.29, 0.717) is 13.2 Å². The lowest BCUT2D eigenvalue weighted by atomic mass is 10.1. The van der Waals surface area contributed by atoms with Crippen LogP contribution in [0.1, 0.15) is 11.1 Å². The number of pyridine rings is 1. The summed E-state index contributed by atoms with van der Waals surface area (Å²) in [6.45, 7) is 2.90. The molecule has 1 unspecified atom stereocenters. The van der Waals surface area contributed by atoms with Crippen molar-refractivity contribution in [3.63, 3.8) is 0 Å². The summed E-state index contributed by atoms with van der Waals surface area (Å²) in [5, 5.41) is 11.8. The van der Waals surface area contributed by atoms with Gasteiger partial charge in [0.15, 0.2) is 6.04 Å². The van der Waals surface area contributed by atoms with Crippen molar-refractivity contribution >= 4 is 12.0 Å². The molecule has 1 atom stereocenters. The standard InChI is InChI=1S/C13H17N3O4/c1-9-2-3-14-6-10(9)7-15-13(19)16-4-5-20-8-11(16)12(17)18/h2-3,6,11H,4-5,7-8H2,1H3,(H,15,19)(H,17,18). The topological polar surface area (TPSA) is 91.8 Å². The first-order valence-electron chi connectivity index (χ1n) is 6.34. The molecule has 1 aliphatic heterocycles. The van der Waals surface area contributed by atoms with Crippen molar-refractivity contribution in [1.29, 1.82) is 0 Å². The van der Waals surface area contributed by atoms with Gasteiger partial charge in [-0.3, -0.25) is 4.98 Å². The number of hydrogen-bond acceptors (Lipinski definition) is 4. The molecule has 1 saturated heterocycles. The van der Waals surface area contributed by atoms with Crippen LogP contribution < -0.4 is 5.32 Å². The van der Waals surface area contributed by atoms with Crippen molar-refractivity contribution in [2.24, 2.45) is 0 Å². The zero-order chi connectivity index (χ0) is 14.5. The van der Waals surface area contributed by atoms with Crippen LogP contribution >= 0.6 is 0 Å². The molecule has 0 aliphatic carbocycles. The van der Waals surface area contributed by atoms with Crippen molar-refractivity contribution in [3.8, 4) is 0 Å². The predicted molar refractivity (Wildman–Crippen MR) is 70.2 cm³/mol. The number of carbonyl (C=O) groups is 2. The van der Waals surface area contributed by atoms with Crippen LogP contribution in [0.2, 0.25) is 0 Å². The summed E-state index contributed by atoms with van der Waals surface area (Å²) in [7, 11) is 0. The van der Waals surface area contributed by atoms with E-state index < -0.39 is 18.0 Å². The van der Waals surface area contributed by atoms with Gasteiger partial charge in [0.05, 0.1) is 13.2 Å². The molecule has 0 aromatic carbocycles. The van der Waals surface area contributed by atoms with Crippen LogP contribution in [-0.2, 0) is 16.1 Å². The van der Waals surface area contributed by atoms with Gasteiger partial charge in [0, 0.05) is 25.5 Å². The Morgan fingerprint density at radius 3 is 3.10 bits per heavy atom. The SMILES string of the molecule is Cc1ccncc1CNC(=O)N1CCOCC1C(=O)O. The fourth-order valence-electron chi connectivity index (χ4n) is 2.01. The number of hydrogen-bond donors (Lipinski definition) is 2. The summed E-state index contributed by atoms with van der Waals surface area (Å²) in [5.74, 6) is -1.06. The van der Waals surface area contributed by atoms with Crippen molar-refractivity contribution in [2.45, 2.75) is 19.5 Å². The smallest absolute Gasteiger partial charge is 0.328 e. The number of aryl methyl sites for hydroxylation is 1. The number of carboxylic acid groups (broad SMARTS) is 1. The van der Waals surface area contributed by atoms with E-state index in [0.717, 1.165) is 11.1 Å². The number of carbonyl (C=O) groups excluding carboxylic acids is 1. The van der Waals surface area contributed by atoms with Crippen LogP contribution in [0, 0.1) is 6.92 Å². The van der Waals surface area contributed by atoms with Gasteiger partial charge in [0.2, 0.25) is 0 Å². The highest BCUT2D eigenvalue weighted by Crippen LogP contribution is 2.09. The maximum Gasteiger partial charge on any atom is 0.328 e. The van der Waals surface area contributed by atoms with Gasteiger partial charge in [-0.15, -0.1) is 0 Å². The largest absolute Gasteiger partial charge is 0.480 e. The predicted octanol–water partition coefficient (Wildman–Crippen LogP) is 0.385. The summed E-state index contributed by atoms with van der Waals surface area (Å²) in [6.07, 6.45) is 3.37. The Morgan fingerprint density at radius 2 is 2.40 bits per heavy atom. The highest BCUT2D eigenvalue weighted by Gasteiger charge is 2.32. The molecule has 7 nitrogen and oxygen atoms in total.